The van der Waals surface area contributed by atoms with Crippen molar-refractivity contribution in [3.8, 4) is 0 Å². The third-order valence-corrected chi connectivity index (χ3v) is 3.45. The number of hydrogen-bond acceptors (Lipinski definition) is 6. The summed E-state index contributed by atoms with van der Waals surface area (Å²) in [4.78, 5) is 60.5. The van der Waals surface area contributed by atoms with Crippen molar-refractivity contribution >= 4 is 23.5 Å². The standard InChI is InChI=1S/C16H10FN3O6/c17-11-7-19(16(25)18-14(11)23)8-26-15(24)9-2-1-3-10(6-9)20-12(21)4-5-13(20)22/h1-7H,8H2,(H,18,23,25). The average Bonchev–Trinajstić information content (AvgIpc) is 2.95. The first-order valence-electron chi connectivity index (χ1n) is 7.19. The van der Waals surface area contributed by atoms with Crippen LogP contribution in [0.3, 0.4) is 0 Å². The summed E-state index contributed by atoms with van der Waals surface area (Å²) in [5.74, 6) is -3.18. The van der Waals surface area contributed by atoms with Gasteiger partial charge in [0, 0.05) is 12.2 Å². The Morgan fingerprint density at radius 2 is 1.81 bits per heavy atom. The van der Waals surface area contributed by atoms with Gasteiger partial charge in [0.05, 0.1) is 17.4 Å². The lowest BCUT2D eigenvalue weighted by Crippen LogP contribution is -2.32. The number of carbonyl (C=O) groups is 3. The maximum Gasteiger partial charge on any atom is 0.339 e. The summed E-state index contributed by atoms with van der Waals surface area (Å²) in [7, 11) is 0. The Labute approximate surface area is 143 Å². The zero-order valence-corrected chi connectivity index (χ0v) is 13.0. The van der Waals surface area contributed by atoms with Crippen LogP contribution in [0, 0.1) is 5.82 Å². The van der Waals surface area contributed by atoms with Crippen LogP contribution in [0.1, 0.15) is 10.4 Å². The van der Waals surface area contributed by atoms with Gasteiger partial charge in [-0.05, 0) is 18.2 Å². The molecule has 0 atom stereocenters. The molecule has 1 N–H and O–H groups in total. The first kappa shape index (κ1) is 17.0. The molecule has 2 amide bonds. The second kappa shape index (κ2) is 6.59. The van der Waals surface area contributed by atoms with Gasteiger partial charge in [0.25, 0.3) is 17.4 Å². The van der Waals surface area contributed by atoms with Crippen molar-refractivity contribution in [2.75, 3.05) is 4.90 Å². The van der Waals surface area contributed by atoms with E-state index < -0.39 is 41.6 Å². The van der Waals surface area contributed by atoms with Crippen LogP contribution >= 0.6 is 0 Å². The number of aromatic nitrogens is 2. The molecular weight excluding hydrogens is 349 g/mol. The average molecular weight is 359 g/mol. The smallest absolute Gasteiger partial charge is 0.339 e. The fourth-order valence-electron chi connectivity index (χ4n) is 2.22. The van der Waals surface area contributed by atoms with Crippen LogP contribution in [0.5, 0.6) is 0 Å². The van der Waals surface area contributed by atoms with E-state index in [1.165, 1.54) is 24.3 Å². The molecule has 0 aliphatic carbocycles. The summed E-state index contributed by atoms with van der Waals surface area (Å²) in [5.41, 5.74) is -1.95. The lowest BCUT2D eigenvalue weighted by atomic mass is 10.2. The van der Waals surface area contributed by atoms with Gasteiger partial charge in [0.1, 0.15) is 0 Å². The van der Waals surface area contributed by atoms with E-state index in [1.807, 2.05) is 0 Å². The Balaban J connectivity index is 1.77. The van der Waals surface area contributed by atoms with Crippen LogP contribution in [-0.4, -0.2) is 27.3 Å². The normalized spacial score (nSPS) is 13.3. The number of esters is 1. The highest BCUT2D eigenvalue weighted by molar-refractivity contribution is 6.28. The molecule has 0 unspecified atom stereocenters. The van der Waals surface area contributed by atoms with Gasteiger partial charge in [-0.15, -0.1) is 0 Å². The maximum absolute atomic E-state index is 13.2. The number of nitrogens with one attached hydrogen (secondary N) is 1. The summed E-state index contributed by atoms with van der Waals surface area (Å²) in [6.07, 6.45) is 2.81. The molecule has 0 bridgehead atoms. The number of benzene rings is 1. The molecule has 1 aliphatic heterocycles. The van der Waals surface area contributed by atoms with E-state index in [2.05, 4.69) is 0 Å². The molecule has 0 saturated heterocycles. The Morgan fingerprint density at radius 1 is 1.12 bits per heavy atom. The SMILES string of the molecule is O=C(OCn1cc(F)c(=O)[nH]c1=O)c1cccc(N2C(=O)C=CC2=O)c1. The quantitative estimate of drug-likeness (QED) is 0.602. The number of hydrogen-bond donors (Lipinski definition) is 1. The van der Waals surface area contributed by atoms with Crippen LogP contribution < -0.4 is 16.1 Å². The lowest BCUT2D eigenvalue weighted by Gasteiger charge is -2.14. The minimum absolute atomic E-state index is 0.00736. The number of nitrogens with zero attached hydrogens (tertiary/aromatic N) is 2. The van der Waals surface area contributed by atoms with E-state index in [9.17, 15) is 28.4 Å². The fourth-order valence-corrected chi connectivity index (χ4v) is 2.22. The number of rotatable bonds is 4. The molecule has 0 spiro atoms. The van der Waals surface area contributed by atoms with Gasteiger partial charge in [-0.3, -0.25) is 23.9 Å². The largest absolute Gasteiger partial charge is 0.440 e. The summed E-state index contributed by atoms with van der Waals surface area (Å²) in [6, 6.07) is 5.54. The molecule has 0 fully saturated rings. The number of amides is 2. The molecule has 9 nitrogen and oxygen atoms in total. The summed E-state index contributed by atoms with van der Waals surface area (Å²) < 4.78 is 18.7. The molecule has 132 valence electrons. The van der Waals surface area contributed by atoms with Crippen LogP contribution in [0.15, 0.2) is 52.2 Å². The number of imide groups is 1. The van der Waals surface area contributed by atoms with Crippen LogP contribution in [0.2, 0.25) is 0 Å². The molecular formula is C16H10FN3O6. The van der Waals surface area contributed by atoms with Gasteiger partial charge >= 0.3 is 11.7 Å². The highest BCUT2D eigenvalue weighted by Crippen LogP contribution is 2.20. The predicted molar refractivity (Wildman–Crippen MR) is 84.8 cm³/mol. The molecule has 1 aliphatic rings. The fraction of sp³-hybridized carbons (Fsp3) is 0.0625. The van der Waals surface area contributed by atoms with Gasteiger partial charge in [-0.1, -0.05) is 6.07 Å². The first-order valence-corrected chi connectivity index (χ1v) is 7.19. The van der Waals surface area contributed by atoms with E-state index in [4.69, 9.17) is 4.74 Å². The second-order valence-electron chi connectivity index (χ2n) is 5.16. The summed E-state index contributed by atoms with van der Waals surface area (Å²) in [6.45, 7) is -0.640. The molecule has 2 aromatic rings. The molecule has 10 heteroatoms. The van der Waals surface area contributed by atoms with E-state index in [0.29, 0.717) is 10.8 Å². The van der Waals surface area contributed by atoms with Crippen molar-refractivity contribution in [1.82, 2.24) is 9.55 Å². The van der Waals surface area contributed by atoms with Gasteiger partial charge in [-0.25, -0.2) is 14.5 Å². The van der Waals surface area contributed by atoms with Crippen molar-refractivity contribution in [3.05, 3.63) is 74.8 Å². The van der Waals surface area contributed by atoms with E-state index in [0.717, 1.165) is 17.1 Å². The zero-order valence-electron chi connectivity index (χ0n) is 13.0. The third kappa shape index (κ3) is 3.20. The highest BCUT2D eigenvalue weighted by Gasteiger charge is 2.25. The lowest BCUT2D eigenvalue weighted by molar-refractivity contribution is -0.119. The molecule has 0 saturated carbocycles. The van der Waals surface area contributed by atoms with Crippen molar-refractivity contribution < 1.29 is 23.5 Å². The van der Waals surface area contributed by atoms with Gasteiger partial charge in [0.15, 0.2) is 6.73 Å². The molecule has 2 heterocycles. The zero-order chi connectivity index (χ0) is 18.8. The number of H-pyrrole nitrogens is 1. The molecule has 1 aromatic heterocycles. The minimum Gasteiger partial charge on any atom is -0.440 e. The Bertz CT molecular complexity index is 1050. The number of anilines is 1. The van der Waals surface area contributed by atoms with Crippen LogP contribution in [0.4, 0.5) is 10.1 Å². The Hall–Kier alpha value is -3.82. The second-order valence-corrected chi connectivity index (χ2v) is 5.16. The van der Waals surface area contributed by atoms with Crippen LogP contribution in [0.25, 0.3) is 0 Å². The number of halogens is 1. The maximum atomic E-state index is 13.2. The summed E-state index contributed by atoms with van der Waals surface area (Å²) in [5, 5.41) is 0. The van der Waals surface area contributed by atoms with Gasteiger partial charge < -0.3 is 4.74 Å². The molecule has 0 radical (unpaired) electrons. The molecule has 26 heavy (non-hydrogen) atoms. The van der Waals surface area contributed by atoms with E-state index in [-0.39, 0.29) is 11.3 Å². The third-order valence-electron chi connectivity index (χ3n) is 3.45. The number of ether oxygens (including phenoxy) is 1. The first-order chi connectivity index (χ1) is 12.4. The highest BCUT2D eigenvalue weighted by atomic mass is 19.1. The topological polar surface area (TPSA) is 119 Å². The van der Waals surface area contributed by atoms with E-state index >= 15 is 0 Å². The van der Waals surface area contributed by atoms with Crippen molar-refractivity contribution in [2.45, 2.75) is 6.73 Å². The van der Waals surface area contributed by atoms with Gasteiger partial charge in [0.2, 0.25) is 5.82 Å². The van der Waals surface area contributed by atoms with Crippen molar-refractivity contribution in [1.29, 1.82) is 0 Å². The molecule has 1 aromatic carbocycles. The predicted octanol–water partition coefficient (Wildman–Crippen LogP) is -0.0804. The number of carbonyl (C=O) groups excluding carboxylic acids is 3. The van der Waals surface area contributed by atoms with E-state index in [1.54, 1.807) is 4.98 Å². The van der Waals surface area contributed by atoms with Crippen molar-refractivity contribution in [3.63, 3.8) is 0 Å². The number of aromatic amines is 1. The minimum atomic E-state index is -1.21. The Morgan fingerprint density at radius 3 is 2.50 bits per heavy atom. The monoisotopic (exact) mass is 359 g/mol. The summed E-state index contributed by atoms with van der Waals surface area (Å²) >= 11 is 0. The Kier molecular flexibility index (Phi) is 4.31. The van der Waals surface area contributed by atoms with Crippen LogP contribution in [-0.2, 0) is 21.1 Å². The van der Waals surface area contributed by atoms with Crippen molar-refractivity contribution in [2.24, 2.45) is 0 Å². The molecule has 3 rings (SSSR count). The van der Waals surface area contributed by atoms with Gasteiger partial charge in [-0.2, -0.15) is 4.39 Å².